The van der Waals surface area contributed by atoms with Crippen LogP contribution in [0, 0.1) is 5.92 Å². The van der Waals surface area contributed by atoms with Crippen molar-refractivity contribution in [3.05, 3.63) is 23.9 Å². The maximum absolute atomic E-state index is 11.7. The van der Waals surface area contributed by atoms with Gasteiger partial charge in [-0.2, -0.15) is 0 Å². The molecule has 5 nitrogen and oxygen atoms in total. The van der Waals surface area contributed by atoms with Crippen LogP contribution in [0.25, 0.3) is 0 Å². The topological polar surface area (TPSA) is 63.6 Å². The van der Waals surface area contributed by atoms with Gasteiger partial charge in [-0.15, -0.1) is 0 Å². The Labute approximate surface area is 106 Å². The van der Waals surface area contributed by atoms with Crippen molar-refractivity contribution in [2.45, 2.75) is 26.3 Å². The molecule has 2 rings (SSSR count). The van der Waals surface area contributed by atoms with Gasteiger partial charge in [0, 0.05) is 18.7 Å². The molecule has 0 bridgehead atoms. The van der Waals surface area contributed by atoms with Gasteiger partial charge in [0.05, 0.1) is 7.11 Å². The number of methoxy groups -OCH3 is 1. The Hall–Kier alpha value is -1.91. The van der Waals surface area contributed by atoms with Crippen molar-refractivity contribution in [2.24, 2.45) is 10.9 Å². The van der Waals surface area contributed by atoms with E-state index in [4.69, 9.17) is 4.74 Å². The minimum absolute atomic E-state index is 0.0125. The van der Waals surface area contributed by atoms with Gasteiger partial charge in [0.15, 0.2) is 0 Å². The summed E-state index contributed by atoms with van der Waals surface area (Å²) in [5, 5.41) is 2.81. The van der Waals surface area contributed by atoms with E-state index in [1.807, 2.05) is 19.9 Å². The molecule has 0 aromatic carbocycles. The molecule has 0 fully saturated rings. The summed E-state index contributed by atoms with van der Waals surface area (Å²) in [5.41, 5.74) is 0.999. The zero-order valence-corrected chi connectivity index (χ0v) is 10.8. The van der Waals surface area contributed by atoms with Crippen LogP contribution < -0.4 is 10.1 Å². The van der Waals surface area contributed by atoms with Gasteiger partial charge in [-0.25, -0.2) is 4.98 Å². The predicted molar refractivity (Wildman–Crippen MR) is 68.7 cm³/mol. The fourth-order valence-corrected chi connectivity index (χ4v) is 1.85. The van der Waals surface area contributed by atoms with E-state index in [-0.39, 0.29) is 17.9 Å². The highest BCUT2D eigenvalue weighted by atomic mass is 16.5. The molecule has 0 aliphatic carbocycles. The number of aromatic nitrogens is 1. The minimum Gasteiger partial charge on any atom is -0.481 e. The molecule has 1 amide bonds. The number of rotatable bonds is 4. The quantitative estimate of drug-likeness (QED) is 0.869. The van der Waals surface area contributed by atoms with Gasteiger partial charge in [0.1, 0.15) is 11.9 Å². The molecule has 0 saturated carbocycles. The third kappa shape index (κ3) is 2.67. The normalized spacial score (nSPS) is 18.8. The third-order valence-electron chi connectivity index (χ3n) is 2.84. The molecule has 1 atom stereocenters. The zero-order valence-electron chi connectivity index (χ0n) is 10.8. The maximum Gasteiger partial charge on any atom is 0.250 e. The molecule has 1 aromatic rings. The Kier molecular flexibility index (Phi) is 3.60. The predicted octanol–water partition coefficient (Wildman–Crippen LogP) is 1.19. The van der Waals surface area contributed by atoms with Crippen molar-refractivity contribution >= 4 is 11.7 Å². The first-order chi connectivity index (χ1) is 8.60. The van der Waals surface area contributed by atoms with Crippen LogP contribution in [-0.2, 0) is 11.2 Å². The van der Waals surface area contributed by atoms with Crippen LogP contribution in [0.15, 0.2) is 23.3 Å². The van der Waals surface area contributed by atoms with E-state index in [1.54, 1.807) is 19.4 Å². The summed E-state index contributed by atoms with van der Waals surface area (Å²) in [6, 6.07) is 3.46. The van der Waals surface area contributed by atoms with Gasteiger partial charge in [0.25, 0.3) is 0 Å². The van der Waals surface area contributed by atoms with Crippen LogP contribution in [0.2, 0.25) is 0 Å². The largest absolute Gasteiger partial charge is 0.481 e. The minimum atomic E-state index is -0.258. The molecule has 18 heavy (non-hydrogen) atoms. The summed E-state index contributed by atoms with van der Waals surface area (Å²) in [7, 11) is 1.58. The second-order valence-electron chi connectivity index (χ2n) is 4.64. The van der Waals surface area contributed by atoms with Crippen molar-refractivity contribution in [1.29, 1.82) is 0 Å². The highest BCUT2D eigenvalue weighted by molar-refractivity contribution is 6.06. The van der Waals surface area contributed by atoms with Gasteiger partial charge in [0.2, 0.25) is 11.8 Å². The monoisotopic (exact) mass is 247 g/mol. The Morgan fingerprint density at radius 2 is 2.22 bits per heavy atom. The first-order valence-electron chi connectivity index (χ1n) is 5.96. The van der Waals surface area contributed by atoms with Crippen molar-refractivity contribution < 1.29 is 9.53 Å². The number of amidine groups is 1. The van der Waals surface area contributed by atoms with E-state index in [9.17, 15) is 4.79 Å². The third-order valence-corrected chi connectivity index (χ3v) is 2.84. The lowest BCUT2D eigenvalue weighted by Gasteiger charge is -2.06. The van der Waals surface area contributed by atoms with E-state index in [2.05, 4.69) is 15.3 Å². The van der Waals surface area contributed by atoms with Crippen LogP contribution in [0.4, 0.5) is 0 Å². The maximum atomic E-state index is 11.7. The summed E-state index contributed by atoms with van der Waals surface area (Å²) < 4.78 is 4.99. The molecule has 5 heteroatoms. The average molecular weight is 247 g/mol. The smallest absolute Gasteiger partial charge is 0.250 e. The summed E-state index contributed by atoms with van der Waals surface area (Å²) in [4.78, 5) is 20.2. The van der Waals surface area contributed by atoms with Gasteiger partial charge < -0.3 is 10.1 Å². The van der Waals surface area contributed by atoms with E-state index in [0.717, 1.165) is 5.56 Å². The first-order valence-corrected chi connectivity index (χ1v) is 5.96. The molecule has 0 spiro atoms. The molecule has 0 radical (unpaired) electrons. The lowest BCUT2D eigenvalue weighted by atomic mass is 10.1. The lowest BCUT2D eigenvalue weighted by Crippen LogP contribution is -2.31. The zero-order chi connectivity index (χ0) is 13.1. The molecule has 0 saturated heterocycles. The number of nitrogens with zero attached hydrogens (tertiary/aromatic N) is 2. The first kappa shape index (κ1) is 12.5. The second-order valence-corrected chi connectivity index (χ2v) is 4.64. The number of carbonyl (C=O) groups is 1. The van der Waals surface area contributed by atoms with E-state index < -0.39 is 0 Å². The number of ether oxygens (including phenoxy) is 1. The average Bonchev–Trinajstić information content (AvgIpc) is 2.71. The number of aliphatic imine (C=N–C) groups is 1. The van der Waals surface area contributed by atoms with Crippen molar-refractivity contribution in [3.8, 4) is 5.88 Å². The number of hydrogen-bond acceptors (Lipinski definition) is 4. The number of pyridine rings is 1. The second kappa shape index (κ2) is 5.16. The molecule has 1 aromatic heterocycles. The van der Waals surface area contributed by atoms with Gasteiger partial charge in [-0.3, -0.25) is 9.79 Å². The molecule has 1 unspecified atom stereocenters. The number of carbonyl (C=O) groups excluding carboxylic acids is 1. The van der Waals surface area contributed by atoms with Gasteiger partial charge in [-0.05, 0) is 11.5 Å². The van der Waals surface area contributed by atoms with Crippen LogP contribution in [-0.4, -0.2) is 29.9 Å². The Bertz CT molecular complexity index is 466. The standard InChI is InChI=1S/C13H17N3O2/c1-8(2)12-13(17)16-10(15-12)6-9-4-5-11(18-3)14-7-9/h4-5,7-8,12H,6H2,1-3H3,(H,15,16,17). The van der Waals surface area contributed by atoms with Gasteiger partial charge in [-0.1, -0.05) is 19.9 Å². The molecule has 96 valence electrons. The highest BCUT2D eigenvalue weighted by Crippen LogP contribution is 2.14. The van der Waals surface area contributed by atoms with Crippen LogP contribution >= 0.6 is 0 Å². The Morgan fingerprint density at radius 3 is 2.72 bits per heavy atom. The van der Waals surface area contributed by atoms with E-state index in [0.29, 0.717) is 18.1 Å². The van der Waals surface area contributed by atoms with E-state index >= 15 is 0 Å². The molecule has 2 heterocycles. The summed E-state index contributed by atoms with van der Waals surface area (Å²) >= 11 is 0. The Balaban J connectivity index is 2.05. The van der Waals surface area contributed by atoms with Gasteiger partial charge >= 0.3 is 0 Å². The fourth-order valence-electron chi connectivity index (χ4n) is 1.85. The van der Waals surface area contributed by atoms with Crippen LogP contribution in [0.5, 0.6) is 5.88 Å². The number of amides is 1. The van der Waals surface area contributed by atoms with Crippen molar-refractivity contribution in [3.63, 3.8) is 0 Å². The fraction of sp³-hybridized carbons (Fsp3) is 0.462. The van der Waals surface area contributed by atoms with Crippen molar-refractivity contribution in [1.82, 2.24) is 10.3 Å². The molecule has 1 N–H and O–H groups in total. The summed E-state index contributed by atoms with van der Waals surface area (Å²) in [6.45, 7) is 3.98. The molecule has 1 aliphatic rings. The van der Waals surface area contributed by atoms with Crippen LogP contribution in [0.1, 0.15) is 19.4 Å². The summed E-state index contributed by atoms with van der Waals surface area (Å²) in [5.74, 6) is 1.50. The highest BCUT2D eigenvalue weighted by Gasteiger charge is 2.28. The molecule has 1 aliphatic heterocycles. The number of nitrogens with one attached hydrogen (secondary N) is 1. The SMILES string of the molecule is COc1ccc(CC2=NC(C(C)C)C(=O)N2)cn1. The van der Waals surface area contributed by atoms with E-state index in [1.165, 1.54) is 0 Å². The van der Waals surface area contributed by atoms with Crippen LogP contribution in [0.3, 0.4) is 0 Å². The Morgan fingerprint density at radius 1 is 1.44 bits per heavy atom. The molecular formula is C13H17N3O2. The summed E-state index contributed by atoms with van der Waals surface area (Å²) in [6.07, 6.45) is 2.32. The van der Waals surface area contributed by atoms with Crippen molar-refractivity contribution in [2.75, 3.05) is 7.11 Å². The number of hydrogen-bond donors (Lipinski definition) is 1. The molecular weight excluding hydrogens is 230 g/mol. The lowest BCUT2D eigenvalue weighted by molar-refractivity contribution is -0.120.